The van der Waals surface area contributed by atoms with Crippen LogP contribution in [-0.4, -0.2) is 74.4 Å². The van der Waals surface area contributed by atoms with Gasteiger partial charge in [-0.05, 0) is 37.7 Å². The number of aliphatic hydroxyl groups is 1. The van der Waals surface area contributed by atoms with Crippen molar-refractivity contribution in [2.45, 2.75) is 39.0 Å². The minimum Gasteiger partial charge on any atom is -0.488 e. The second-order valence-electron chi connectivity index (χ2n) is 9.27. The molecule has 0 unspecified atom stereocenters. The number of amides is 1. The van der Waals surface area contributed by atoms with E-state index in [-0.39, 0.29) is 37.0 Å². The number of carbonyl (C=O) groups excluding carboxylic acids is 1. The largest absolute Gasteiger partial charge is 0.488 e. The molecule has 9 heteroatoms. The molecule has 186 valence electrons. The number of hydrogen-bond donors (Lipinski definition) is 2. The van der Waals surface area contributed by atoms with Gasteiger partial charge in [-0.15, -0.1) is 0 Å². The van der Waals surface area contributed by atoms with Gasteiger partial charge in [0.15, 0.2) is 0 Å². The first-order valence-corrected chi connectivity index (χ1v) is 13.3. The van der Waals surface area contributed by atoms with Crippen molar-refractivity contribution in [3.05, 3.63) is 59.7 Å². The van der Waals surface area contributed by atoms with Gasteiger partial charge in [-0.25, -0.2) is 8.42 Å². The van der Waals surface area contributed by atoms with E-state index >= 15 is 0 Å². The van der Waals surface area contributed by atoms with E-state index in [9.17, 15) is 18.3 Å². The van der Waals surface area contributed by atoms with E-state index in [4.69, 9.17) is 4.74 Å². The maximum Gasteiger partial charge on any atom is 0.229 e. The zero-order chi connectivity index (χ0) is 24.9. The number of nitrogens with one attached hydrogen (secondary N) is 1. The van der Waals surface area contributed by atoms with Crippen LogP contribution in [0.15, 0.2) is 48.5 Å². The predicted molar refractivity (Wildman–Crippen MR) is 133 cm³/mol. The highest BCUT2D eigenvalue weighted by Crippen LogP contribution is 2.29. The summed E-state index contributed by atoms with van der Waals surface area (Å²) in [4.78, 5) is 17.1. The summed E-state index contributed by atoms with van der Waals surface area (Å²) in [7, 11) is -1.42. The summed E-state index contributed by atoms with van der Waals surface area (Å²) in [6, 6.07) is 14.9. The standard InChI is InChI=1S/C25H35N3O5S/c1-18-14-28(19(2)17-29)25(30)13-21-12-22(26-34(4,31)32)10-11-23(21)33-24(18)16-27(3)15-20-8-6-5-7-9-20/h5-12,18-19,24,26,29H,13-17H2,1-4H3/t18-,19+,24+/m0/s1. The third-order valence-electron chi connectivity index (χ3n) is 6.01. The molecule has 3 rings (SSSR count). The lowest BCUT2D eigenvalue weighted by molar-refractivity contribution is -0.134. The van der Waals surface area contributed by atoms with Crippen LogP contribution in [0.2, 0.25) is 0 Å². The first kappa shape index (κ1) is 26.0. The zero-order valence-electron chi connectivity index (χ0n) is 20.3. The van der Waals surface area contributed by atoms with Crippen LogP contribution in [0.25, 0.3) is 0 Å². The van der Waals surface area contributed by atoms with Crippen LogP contribution >= 0.6 is 0 Å². The zero-order valence-corrected chi connectivity index (χ0v) is 21.1. The van der Waals surface area contributed by atoms with Crippen molar-refractivity contribution in [1.82, 2.24) is 9.80 Å². The van der Waals surface area contributed by atoms with Crippen molar-refractivity contribution in [2.24, 2.45) is 5.92 Å². The molecule has 0 radical (unpaired) electrons. The molecule has 1 aliphatic heterocycles. The number of hydrogen-bond acceptors (Lipinski definition) is 6. The Morgan fingerprint density at radius 3 is 2.59 bits per heavy atom. The Bertz CT molecular complexity index is 1080. The van der Waals surface area contributed by atoms with Crippen molar-refractivity contribution in [2.75, 3.05) is 37.7 Å². The Hall–Kier alpha value is -2.62. The number of carbonyl (C=O) groups is 1. The summed E-state index contributed by atoms with van der Waals surface area (Å²) < 4.78 is 32.4. The topological polar surface area (TPSA) is 99.2 Å². The van der Waals surface area contributed by atoms with Gasteiger partial charge in [0.1, 0.15) is 11.9 Å². The molecule has 0 fully saturated rings. The third-order valence-corrected chi connectivity index (χ3v) is 6.61. The molecule has 3 atom stereocenters. The average Bonchev–Trinajstić information content (AvgIpc) is 2.81. The van der Waals surface area contributed by atoms with Crippen LogP contribution in [0.1, 0.15) is 25.0 Å². The Balaban J connectivity index is 1.91. The van der Waals surface area contributed by atoms with Crippen molar-refractivity contribution >= 4 is 21.6 Å². The van der Waals surface area contributed by atoms with E-state index in [1.54, 1.807) is 23.1 Å². The number of rotatable bonds is 8. The quantitative estimate of drug-likeness (QED) is 0.591. The molecule has 1 amide bonds. The smallest absolute Gasteiger partial charge is 0.229 e. The Labute approximate surface area is 202 Å². The molecule has 0 aliphatic carbocycles. The van der Waals surface area contributed by atoms with Crippen LogP contribution in [0, 0.1) is 5.92 Å². The first-order valence-electron chi connectivity index (χ1n) is 11.5. The van der Waals surface area contributed by atoms with E-state index in [1.165, 1.54) is 5.56 Å². The molecule has 2 N–H and O–H groups in total. The number of likely N-dealkylation sites (N-methyl/N-ethyl adjacent to an activating group) is 1. The molecule has 0 aromatic heterocycles. The van der Waals surface area contributed by atoms with Gasteiger partial charge >= 0.3 is 0 Å². The predicted octanol–water partition coefficient (Wildman–Crippen LogP) is 2.34. The lowest BCUT2D eigenvalue weighted by atomic mass is 10.0. The third kappa shape index (κ3) is 7.19. The van der Waals surface area contributed by atoms with Gasteiger partial charge in [-0.1, -0.05) is 37.3 Å². The van der Waals surface area contributed by atoms with Crippen LogP contribution in [-0.2, 0) is 27.8 Å². The Kier molecular flexibility index (Phi) is 8.57. The van der Waals surface area contributed by atoms with Crippen LogP contribution < -0.4 is 9.46 Å². The lowest BCUT2D eigenvalue weighted by Crippen LogP contribution is -2.47. The monoisotopic (exact) mass is 489 g/mol. The number of benzene rings is 2. The SMILES string of the molecule is C[C@H](CO)N1C[C@H](C)[C@@H](CN(C)Cc2ccccc2)Oc2ccc(NS(C)(=O)=O)cc2CC1=O. The molecule has 34 heavy (non-hydrogen) atoms. The molecule has 2 aromatic rings. The summed E-state index contributed by atoms with van der Waals surface area (Å²) in [5.74, 6) is 0.430. The molecule has 0 spiro atoms. The number of sulfonamides is 1. The van der Waals surface area contributed by atoms with Crippen LogP contribution in [0.5, 0.6) is 5.75 Å². The van der Waals surface area contributed by atoms with Gasteiger partial charge in [-0.3, -0.25) is 14.4 Å². The van der Waals surface area contributed by atoms with Gasteiger partial charge < -0.3 is 14.7 Å². The highest BCUT2D eigenvalue weighted by molar-refractivity contribution is 7.92. The van der Waals surface area contributed by atoms with Crippen LogP contribution in [0.3, 0.4) is 0 Å². The van der Waals surface area contributed by atoms with E-state index in [2.05, 4.69) is 28.7 Å². The fraction of sp³-hybridized carbons (Fsp3) is 0.480. The van der Waals surface area contributed by atoms with E-state index < -0.39 is 10.0 Å². The molecule has 1 aliphatic rings. The van der Waals surface area contributed by atoms with Gasteiger partial charge in [0, 0.05) is 36.8 Å². The molecule has 0 saturated heterocycles. The Morgan fingerprint density at radius 1 is 1.24 bits per heavy atom. The van der Waals surface area contributed by atoms with Gasteiger partial charge in [0.05, 0.1) is 25.3 Å². The number of ether oxygens (including phenoxy) is 1. The average molecular weight is 490 g/mol. The molecule has 0 saturated carbocycles. The fourth-order valence-corrected chi connectivity index (χ4v) is 4.75. The summed E-state index contributed by atoms with van der Waals surface area (Å²) in [5, 5.41) is 9.76. The van der Waals surface area contributed by atoms with Crippen molar-refractivity contribution in [1.29, 1.82) is 0 Å². The second-order valence-corrected chi connectivity index (χ2v) is 11.0. The Morgan fingerprint density at radius 2 is 1.94 bits per heavy atom. The molecular formula is C25H35N3O5S. The molecule has 0 bridgehead atoms. The lowest BCUT2D eigenvalue weighted by Gasteiger charge is -2.34. The highest BCUT2D eigenvalue weighted by Gasteiger charge is 2.31. The van der Waals surface area contributed by atoms with Crippen molar-refractivity contribution < 1.29 is 23.1 Å². The van der Waals surface area contributed by atoms with Gasteiger partial charge in [-0.2, -0.15) is 0 Å². The fourth-order valence-electron chi connectivity index (χ4n) is 4.19. The number of fused-ring (bicyclic) bond motifs is 1. The van der Waals surface area contributed by atoms with Crippen molar-refractivity contribution in [3.63, 3.8) is 0 Å². The van der Waals surface area contributed by atoms with E-state index in [1.807, 2.05) is 32.2 Å². The molecule has 1 heterocycles. The second kappa shape index (κ2) is 11.2. The number of anilines is 1. The minimum atomic E-state index is -3.46. The first-order chi connectivity index (χ1) is 16.1. The van der Waals surface area contributed by atoms with Crippen molar-refractivity contribution in [3.8, 4) is 5.75 Å². The van der Waals surface area contributed by atoms with E-state index in [0.717, 1.165) is 12.8 Å². The number of nitrogens with zero attached hydrogens (tertiary/aromatic N) is 2. The van der Waals surface area contributed by atoms with E-state index in [0.29, 0.717) is 30.1 Å². The highest BCUT2D eigenvalue weighted by atomic mass is 32.2. The molecule has 2 aromatic carbocycles. The van der Waals surface area contributed by atoms with Gasteiger partial charge in [0.25, 0.3) is 0 Å². The summed E-state index contributed by atoms with van der Waals surface area (Å²) in [6.07, 6.45) is 0.917. The number of aliphatic hydroxyl groups excluding tert-OH is 1. The summed E-state index contributed by atoms with van der Waals surface area (Å²) >= 11 is 0. The van der Waals surface area contributed by atoms with Gasteiger partial charge in [0.2, 0.25) is 15.9 Å². The maximum atomic E-state index is 13.2. The maximum absolute atomic E-state index is 13.2. The summed E-state index contributed by atoms with van der Waals surface area (Å²) in [5.41, 5.74) is 2.19. The summed E-state index contributed by atoms with van der Waals surface area (Å²) in [6.45, 7) is 5.58. The molecular weight excluding hydrogens is 454 g/mol. The van der Waals surface area contributed by atoms with Crippen LogP contribution in [0.4, 0.5) is 5.69 Å². The normalized spacial score (nSPS) is 20.1. The molecule has 8 nitrogen and oxygen atoms in total. The minimum absolute atomic E-state index is 0.00376.